The van der Waals surface area contributed by atoms with Crippen LogP contribution in [0.25, 0.3) is 6.08 Å². The first-order valence-electron chi connectivity index (χ1n) is 6.03. The second kappa shape index (κ2) is 6.69. The minimum absolute atomic E-state index is 0.138. The van der Waals surface area contributed by atoms with Crippen LogP contribution < -0.4 is 5.32 Å². The third kappa shape index (κ3) is 3.91. The number of anilines is 1. The van der Waals surface area contributed by atoms with Crippen LogP contribution in [-0.4, -0.2) is 5.91 Å². The monoisotopic (exact) mass is 300 g/mol. The van der Waals surface area contributed by atoms with Gasteiger partial charge in [0, 0.05) is 0 Å². The van der Waals surface area contributed by atoms with Crippen LogP contribution in [0.2, 0.25) is 5.02 Å². The molecule has 104 valence electrons. The molecule has 0 unspecified atom stereocenters. The van der Waals surface area contributed by atoms with E-state index < -0.39 is 11.7 Å². The molecule has 5 heteroatoms. The number of nitrogens with zero attached hydrogens (tertiary/aromatic N) is 1. The number of benzene rings is 2. The van der Waals surface area contributed by atoms with Crippen molar-refractivity contribution in [3.8, 4) is 6.07 Å². The molecule has 0 heterocycles. The molecule has 2 rings (SSSR count). The SMILES string of the molecule is N#C/C(=C\c1cccc(F)c1)C(=O)Nc1ccccc1Cl. The Morgan fingerprint density at radius 1 is 1.24 bits per heavy atom. The molecule has 0 saturated carbocycles. The molecule has 1 N–H and O–H groups in total. The van der Waals surface area contributed by atoms with E-state index in [0.717, 1.165) is 0 Å². The van der Waals surface area contributed by atoms with Gasteiger partial charge in [-0.15, -0.1) is 0 Å². The molecule has 0 bridgehead atoms. The number of carbonyl (C=O) groups excluding carboxylic acids is 1. The van der Waals surface area contributed by atoms with Crippen molar-refractivity contribution >= 4 is 29.3 Å². The van der Waals surface area contributed by atoms with Crippen molar-refractivity contribution < 1.29 is 9.18 Å². The maximum atomic E-state index is 13.1. The maximum absolute atomic E-state index is 13.1. The van der Waals surface area contributed by atoms with Crippen molar-refractivity contribution in [2.45, 2.75) is 0 Å². The molecule has 0 aliphatic heterocycles. The molecule has 0 aromatic heterocycles. The molecular formula is C16H10ClFN2O. The number of rotatable bonds is 3. The molecule has 0 spiro atoms. The fraction of sp³-hybridized carbons (Fsp3) is 0. The average Bonchev–Trinajstić information content (AvgIpc) is 2.47. The lowest BCUT2D eigenvalue weighted by Gasteiger charge is -2.06. The van der Waals surface area contributed by atoms with Gasteiger partial charge in [0.05, 0.1) is 10.7 Å². The van der Waals surface area contributed by atoms with E-state index >= 15 is 0 Å². The minimum Gasteiger partial charge on any atom is -0.320 e. The predicted octanol–water partition coefficient (Wildman–Crippen LogP) is 4.02. The van der Waals surface area contributed by atoms with Gasteiger partial charge in [0.1, 0.15) is 17.5 Å². The van der Waals surface area contributed by atoms with Crippen LogP contribution in [0.3, 0.4) is 0 Å². The number of nitrogens with one attached hydrogen (secondary N) is 1. The van der Waals surface area contributed by atoms with Gasteiger partial charge in [0.15, 0.2) is 0 Å². The summed E-state index contributed by atoms with van der Waals surface area (Å²) in [5.41, 5.74) is 0.700. The fourth-order valence-electron chi connectivity index (χ4n) is 1.66. The highest BCUT2D eigenvalue weighted by molar-refractivity contribution is 6.34. The first-order valence-corrected chi connectivity index (χ1v) is 6.41. The summed E-state index contributed by atoms with van der Waals surface area (Å²) in [5, 5.41) is 12.0. The highest BCUT2D eigenvalue weighted by atomic mass is 35.5. The van der Waals surface area contributed by atoms with E-state index in [2.05, 4.69) is 5.32 Å². The van der Waals surface area contributed by atoms with Gasteiger partial charge in [-0.1, -0.05) is 35.9 Å². The Bertz CT molecular complexity index is 750. The molecule has 0 aliphatic carbocycles. The van der Waals surface area contributed by atoms with Crippen LogP contribution in [0, 0.1) is 17.1 Å². The first-order chi connectivity index (χ1) is 10.1. The molecule has 0 aliphatic rings. The van der Waals surface area contributed by atoms with Crippen molar-refractivity contribution in [1.29, 1.82) is 5.26 Å². The lowest BCUT2D eigenvalue weighted by atomic mass is 10.1. The number of para-hydroxylation sites is 1. The molecular weight excluding hydrogens is 291 g/mol. The van der Waals surface area contributed by atoms with Crippen molar-refractivity contribution in [3.63, 3.8) is 0 Å². The van der Waals surface area contributed by atoms with E-state index in [1.807, 2.05) is 0 Å². The Balaban J connectivity index is 2.24. The zero-order chi connectivity index (χ0) is 15.2. The van der Waals surface area contributed by atoms with E-state index in [-0.39, 0.29) is 5.57 Å². The number of halogens is 2. The standard InChI is InChI=1S/C16H10ClFN2O/c17-14-6-1-2-7-15(14)20-16(21)12(10-19)8-11-4-3-5-13(18)9-11/h1-9H,(H,20,21)/b12-8+. The van der Waals surface area contributed by atoms with Crippen molar-refractivity contribution in [3.05, 3.63) is 70.5 Å². The van der Waals surface area contributed by atoms with Gasteiger partial charge in [0.2, 0.25) is 0 Å². The summed E-state index contributed by atoms with van der Waals surface area (Å²) in [5.74, 6) is -1.04. The summed E-state index contributed by atoms with van der Waals surface area (Å²) >= 11 is 5.93. The zero-order valence-electron chi connectivity index (χ0n) is 10.8. The number of nitriles is 1. The van der Waals surface area contributed by atoms with Gasteiger partial charge >= 0.3 is 0 Å². The highest BCUT2D eigenvalue weighted by Crippen LogP contribution is 2.21. The van der Waals surface area contributed by atoms with Crippen LogP contribution in [-0.2, 0) is 4.79 Å². The largest absolute Gasteiger partial charge is 0.320 e. The maximum Gasteiger partial charge on any atom is 0.266 e. The Morgan fingerprint density at radius 2 is 2.00 bits per heavy atom. The summed E-state index contributed by atoms with van der Waals surface area (Å²) in [4.78, 5) is 12.0. The van der Waals surface area contributed by atoms with Gasteiger partial charge in [-0.2, -0.15) is 5.26 Å². The number of hydrogen-bond donors (Lipinski definition) is 1. The van der Waals surface area contributed by atoms with Crippen molar-refractivity contribution in [2.75, 3.05) is 5.32 Å². The highest BCUT2D eigenvalue weighted by Gasteiger charge is 2.11. The van der Waals surface area contributed by atoms with Gasteiger partial charge in [-0.25, -0.2) is 4.39 Å². The third-order valence-electron chi connectivity index (χ3n) is 2.65. The van der Waals surface area contributed by atoms with Gasteiger partial charge in [-0.05, 0) is 35.9 Å². The van der Waals surface area contributed by atoms with Crippen molar-refractivity contribution in [2.24, 2.45) is 0 Å². The van der Waals surface area contributed by atoms with Crippen LogP contribution in [0.15, 0.2) is 54.1 Å². The van der Waals surface area contributed by atoms with Crippen molar-refractivity contribution in [1.82, 2.24) is 0 Å². The normalized spacial score (nSPS) is 10.8. The molecule has 0 atom stereocenters. The molecule has 0 radical (unpaired) electrons. The summed E-state index contributed by atoms with van der Waals surface area (Å²) < 4.78 is 13.1. The van der Waals surface area contributed by atoms with E-state index in [1.165, 1.54) is 24.3 Å². The molecule has 0 fully saturated rings. The number of amides is 1. The molecule has 3 nitrogen and oxygen atoms in total. The first kappa shape index (κ1) is 14.8. The Morgan fingerprint density at radius 3 is 2.67 bits per heavy atom. The topological polar surface area (TPSA) is 52.9 Å². The zero-order valence-corrected chi connectivity index (χ0v) is 11.6. The predicted molar refractivity (Wildman–Crippen MR) is 80.1 cm³/mol. The van der Waals surface area contributed by atoms with Crippen LogP contribution in [0.4, 0.5) is 10.1 Å². The van der Waals surface area contributed by atoms with E-state index in [4.69, 9.17) is 16.9 Å². The smallest absolute Gasteiger partial charge is 0.266 e. The molecule has 0 saturated heterocycles. The Labute approximate surface area is 126 Å². The quantitative estimate of drug-likeness (QED) is 0.687. The summed E-state index contributed by atoms with van der Waals surface area (Å²) in [6, 6.07) is 14.1. The van der Waals surface area contributed by atoms with Gasteiger partial charge in [-0.3, -0.25) is 4.79 Å². The molecule has 2 aromatic carbocycles. The van der Waals surface area contributed by atoms with E-state index in [1.54, 1.807) is 36.4 Å². The van der Waals surface area contributed by atoms with Crippen LogP contribution in [0.5, 0.6) is 0 Å². The molecule has 1 amide bonds. The van der Waals surface area contributed by atoms with Gasteiger partial charge < -0.3 is 5.32 Å². The summed E-state index contributed by atoms with van der Waals surface area (Å²) in [7, 11) is 0. The Kier molecular flexibility index (Phi) is 4.70. The lowest BCUT2D eigenvalue weighted by Crippen LogP contribution is -2.13. The van der Waals surface area contributed by atoms with E-state index in [0.29, 0.717) is 16.3 Å². The number of carbonyl (C=O) groups is 1. The molecule has 21 heavy (non-hydrogen) atoms. The molecule has 2 aromatic rings. The fourth-order valence-corrected chi connectivity index (χ4v) is 1.85. The van der Waals surface area contributed by atoms with E-state index in [9.17, 15) is 9.18 Å². The second-order valence-corrected chi connectivity index (χ2v) is 4.57. The third-order valence-corrected chi connectivity index (χ3v) is 2.98. The second-order valence-electron chi connectivity index (χ2n) is 4.16. The number of hydrogen-bond acceptors (Lipinski definition) is 2. The van der Waals surface area contributed by atoms with Crippen LogP contribution >= 0.6 is 11.6 Å². The Hall–Kier alpha value is -2.64. The minimum atomic E-state index is -0.602. The van der Waals surface area contributed by atoms with Crippen LogP contribution in [0.1, 0.15) is 5.56 Å². The summed E-state index contributed by atoms with van der Waals surface area (Å²) in [6.07, 6.45) is 1.31. The summed E-state index contributed by atoms with van der Waals surface area (Å²) in [6.45, 7) is 0. The average molecular weight is 301 g/mol. The lowest BCUT2D eigenvalue weighted by molar-refractivity contribution is -0.112. The van der Waals surface area contributed by atoms with Gasteiger partial charge in [0.25, 0.3) is 5.91 Å².